The van der Waals surface area contributed by atoms with Crippen molar-refractivity contribution in [1.82, 2.24) is 10.2 Å². The Bertz CT molecular complexity index is 650. The molecule has 0 saturated carbocycles. The van der Waals surface area contributed by atoms with Gasteiger partial charge in [-0.2, -0.15) is 0 Å². The van der Waals surface area contributed by atoms with Gasteiger partial charge in [0.15, 0.2) is 0 Å². The second-order valence-electron chi connectivity index (χ2n) is 6.56. The van der Waals surface area contributed by atoms with Gasteiger partial charge in [0.1, 0.15) is 11.5 Å². The molecular formula is C17H23N3O4. The maximum atomic E-state index is 12.2. The minimum Gasteiger partial charge on any atom is -0.477 e. The number of amides is 1. The maximum Gasteiger partial charge on any atom is 0.352 e. The number of carboxylic acid groups (broad SMARTS) is 1. The molecule has 0 radical (unpaired) electrons. The van der Waals surface area contributed by atoms with Crippen molar-refractivity contribution in [2.24, 2.45) is 16.8 Å². The highest BCUT2D eigenvalue weighted by Crippen LogP contribution is 2.45. The highest BCUT2D eigenvalue weighted by molar-refractivity contribution is 5.99. The molecule has 24 heavy (non-hydrogen) atoms. The third-order valence-electron chi connectivity index (χ3n) is 5.06. The lowest BCUT2D eigenvalue weighted by Crippen LogP contribution is -2.61. The third-order valence-corrected chi connectivity index (χ3v) is 5.06. The molecular weight excluding hydrogens is 310 g/mol. The normalized spacial score (nSPS) is 30.8. The number of hydrogen-bond donors (Lipinski definition) is 3. The summed E-state index contributed by atoms with van der Waals surface area (Å²) in [5.74, 6) is -0.987. The van der Waals surface area contributed by atoms with Gasteiger partial charge in [-0.05, 0) is 25.8 Å². The topological polar surface area (TPSA) is 102 Å². The highest BCUT2D eigenvalue weighted by atomic mass is 16.4. The summed E-state index contributed by atoms with van der Waals surface area (Å²) in [6, 6.07) is -0.230. The molecule has 0 aromatic carbocycles. The molecule has 3 aliphatic heterocycles. The van der Waals surface area contributed by atoms with E-state index in [9.17, 15) is 19.8 Å². The van der Waals surface area contributed by atoms with Crippen molar-refractivity contribution in [3.8, 4) is 0 Å². The van der Waals surface area contributed by atoms with Crippen molar-refractivity contribution >= 4 is 17.7 Å². The third kappa shape index (κ3) is 2.62. The lowest BCUT2D eigenvalue weighted by Gasteiger charge is -2.44. The van der Waals surface area contributed by atoms with Crippen LogP contribution in [0.4, 0.5) is 0 Å². The van der Waals surface area contributed by atoms with Crippen LogP contribution in [0, 0.1) is 11.8 Å². The van der Waals surface area contributed by atoms with Crippen molar-refractivity contribution in [3.63, 3.8) is 0 Å². The quantitative estimate of drug-likeness (QED) is 0.503. The predicted molar refractivity (Wildman–Crippen MR) is 88.3 cm³/mol. The van der Waals surface area contributed by atoms with Gasteiger partial charge in [0.2, 0.25) is 5.91 Å². The van der Waals surface area contributed by atoms with Gasteiger partial charge >= 0.3 is 5.97 Å². The monoisotopic (exact) mass is 333 g/mol. The van der Waals surface area contributed by atoms with Crippen molar-refractivity contribution in [2.45, 2.75) is 38.8 Å². The molecule has 0 aromatic rings. The van der Waals surface area contributed by atoms with E-state index in [1.54, 1.807) is 6.92 Å². The number of carboxylic acids is 1. The van der Waals surface area contributed by atoms with Crippen LogP contribution in [0.2, 0.25) is 0 Å². The number of amidine groups is 1. The summed E-state index contributed by atoms with van der Waals surface area (Å²) in [6.45, 7) is 4.68. The number of fused-ring (bicyclic) bond motifs is 1. The van der Waals surface area contributed by atoms with Gasteiger partial charge in [0.05, 0.1) is 18.1 Å². The fourth-order valence-corrected chi connectivity index (χ4v) is 3.85. The molecule has 1 amide bonds. The molecule has 0 aromatic heterocycles. The van der Waals surface area contributed by atoms with E-state index in [2.05, 4.69) is 10.3 Å². The predicted octanol–water partition coefficient (Wildman–Crippen LogP) is 0.521. The standard InChI is InChI=1S/C17H23N3O4/c1-3-4-5-13-18-7-10(8-19-13)11-6-12-14(9(2)21)16(22)20(12)15(11)17(23)24/h3-4,9-10,12,14,21H,5-8H2,1-2H3,(H,18,19)(H,23,24)/b4-3+/t9-,12-,14-/m1/s1. The summed E-state index contributed by atoms with van der Waals surface area (Å²) in [5, 5.41) is 22.6. The van der Waals surface area contributed by atoms with E-state index < -0.39 is 18.0 Å². The number of aliphatic carboxylic acids is 1. The molecule has 1 unspecified atom stereocenters. The SMILES string of the molecule is C/C=C/CC1=NCC(C2=C(C(=O)O)N3C(=O)[C@H]([C@@H](C)O)[C@H]3C2)CN1. The number of β-lactam (4-membered cyclic amide) rings is 1. The minimum absolute atomic E-state index is 0.0292. The number of hydrogen-bond acceptors (Lipinski definition) is 5. The number of allylic oxidation sites excluding steroid dienone is 1. The lowest BCUT2D eigenvalue weighted by atomic mass is 9.82. The Kier molecular flexibility index (Phi) is 4.45. The lowest BCUT2D eigenvalue weighted by molar-refractivity contribution is -0.161. The van der Waals surface area contributed by atoms with Crippen LogP contribution in [-0.4, -0.2) is 58.1 Å². The van der Waals surface area contributed by atoms with Crippen molar-refractivity contribution in [3.05, 3.63) is 23.4 Å². The summed E-state index contributed by atoms with van der Waals surface area (Å²) in [6.07, 6.45) is 4.47. The number of carbonyl (C=O) groups is 2. The van der Waals surface area contributed by atoms with Crippen LogP contribution in [0.15, 0.2) is 28.4 Å². The van der Waals surface area contributed by atoms with Crippen LogP contribution in [0.5, 0.6) is 0 Å². The molecule has 3 heterocycles. The molecule has 0 spiro atoms. The second-order valence-corrected chi connectivity index (χ2v) is 6.56. The Morgan fingerprint density at radius 2 is 2.29 bits per heavy atom. The average molecular weight is 333 g/mol. The largest absolute Gasteiger partial charge is 0.477 e. The molecule has 0 bridgehead atoms. The summed E-state index contributed by atoms with van der Waals surface area (Å²) >= 11 is 0. The van der Waals surface area contributed by atoms with Gasteiger partial charge in [0, 0.05) is 25.4 Å². The van der Waals surface area contributed by atoms with E-state index >= 15 is 0 Å². The van der Waals surface area contributed by atoms with Gasteiger partial charge in [-0.15, -0.1) is 0 Å². The molecule has 4 atom stereocenters. The Morgan fingerprint density at radius 1 is 1.54 bits per heavy atom. The molecule has 7 nitrogen and oxygen atoms in total. The molecule has 130 valence electrons. The van der Waals surface area contributed by atoms with E-state index in [-0.39, 0.29) is 23.6 Å². The number of aliphatic hydroxyl groups is 1. The van der Waals surface area contributed by atoms with Gasteiger partial charge < -0.3 is 20.4 Å². The molecule has 0 aliphatic carbocycles. The molecule has 3 aliphatic rings. The van der Waals surface area contributed by atoms with Gasteiger partial charge in [-0.1, -0.05) is 12.2 Å². The minimum atomic E-state index is -1.08. The summed E-state index contributed by atoms with van der Waals surface area (Å²) in [4.78, 5) is 29.8. The van der Waals surface area contributed by atoms with Crippen molar-refractivity contribution in [2.75, 3.05) is 13.1 Å². The number of nitrogens with one attached hydrogen (secondary N) is 1. The second kappa shape index (κ2) is 6.39. The first kappa shape index (κ1) is 16.7. The van der Waals surface area contributed by atoms with E-state index in [0.29, 0.717) is 19.5 Å². The fraction of sp³-hybridized carbons (Fsp3) is 0.588. The number of carbonyl (C=O) groups excluding carboxylic acids is 1. The molecule has 3 N–H and O–H groups in total. The summed E-state index contributed by atoms with van der Waals surface area (Å²) in [5.41, 5.74) is 0.867. The maximum absolute atomic E-state index is 12.2. The number of aliphatic hydroxyl groups excluding tert-OH is 1. The van der Waals surface area contributed by atoms with E-state index in [1.807, 2.05) is 19.1 Å². The Labute approximate surface area is 140 Å². The molecule has 1 fully saturated rings. The van der Waals surface area contributed by atoms with Crippen molar-refractivity contribution in [1.29, 1.82) is 0 Å². The van der Waals surface area contributed by atoms with Crippen LogP contribution < -0.4 is 5.32 Å². The smallest absolute Gasteiger partial charge is 0.352 e. The zero-order valence-electron chi connectivity index (χ0n) is 13.9. The average Bonchev–Trinajstić information content (AvgIpc) is 2.88. The molecule has 1 saturated heterocycles. The zero-order chi connectivity index (χ0) is 17.4. The first-order valence-electron chi connectivity index (χ1n) is 8.31. The number of rotatable bonds is 5. The fourth-order valence-electron chi connectivity index (χ4n) is 3.85. The highest BCUT2D eigenvalue weighted by Gasteiger charge is 2.57. The first-order valence-corrected chi connectivity index (χ1v) is 8.31. The van der Waals surface area contributed by atoms with Crippen LogP contribution in [0.3, 0.4) is 0 Å². The van der Waals surface area contributed by atoms with E-state index in [0.717, 1.165) is 17.8 Å². The Balaban J connectivity index is 1.80. The number of nitrogens with zero attached hydrogens (tertiary/aromatic N) is 2. The summed E-state index contributed by atoms with van der Waals surface area (Å²) in [7, 11) is 0. The van der Waals surface area contributed by atoms with Crippen LogP contribution >= 0.6 is 0 Å². The van der Waals surface area contributed by atoms with Crippen molar-refractivity contribution < 1.29 is 19.8 Å². The Morgan fingerprint density at radius 3 is 2.83 bits per heavy atom. The number of aliphatic imine (C=N–C) groups is 1. The Hall–Kier alpha value is -2.15. The summed E-state index contributed by atoms with van der Waals surface area (Å²) < 4.78 is 0. The van der Waals surface area contributed by atoms with Crippen LogP contribution in [0.25, 0.3) is 0 Å². The van der Waals surface area contributed by atoms with Gasteiger partial charge in [0.25, 0.3) is 0 Å². The zero-order valence-corrected chi connectivity index (χ0v) is 13.9. The van der Waals surface area contributed by atoms with Crippen LogP contribution in [0.1, 0.15) is 26.7 Å². The van der Waals surface area contributed by atoms with E-state index in [4.69, 9.17) is 0 Å². The van der Waals surface area contributed by atoms with Gasteiger partial charge in [-0.3, -0.25) is 9.79 Å². The molecule has 3 rings (SSSR count). The van der Waals surface area contributed by atoms with E-state index in [1.165, 1.54) is 4.90 Å². The molecule has 7 heteroatoms. The van der Waals surface area contributed by atoms with Gasteiger partial charge in [-0.25, -0.2) is 4.79 Å². The first-order chi connectivity index (χ1) is 11.5. The van der Waals surface area contributed by atoms with Crippen LogP contribution in [-0.2, 0) is 9.59 Å².